The Kier molecular flexibility index (Phi) is 3.74. The molecule has 21 heavy (non-hydrogen) atoms. The fourth-order valence-corrected chi connectivity index (χ4v) is 2.66. The minimum Gasteiger partial charge on any atom is -0.486 e. The molecule has 3 rings (SSSR count). The van der Waals surface area contributed by atoms with Crippen LogP contribution in [0, 0.1) is 12.7 Å². The van der Waals surface area contributed by atoms with Crippen molar-refractivity contribution in [2.45, 2.75) is 13.0 Å². The molecule has 1 atom stereocenters. The molecule has 1 aliphatic heterocycles. The summed E-state index contributed by atoms with van der Waals surface area (Å²) in [5.74, 6) is 0.829. The third-order valence-corrected chi connectivity index (χ3v) is 3.81. The number of benzene rings is 2. The molecule has 110 valence electrons. The van der Waals surface area contributed by atoms with E-state index in [2.05, 4.69) is 0 Å². The summed E-state index contributed by atoms with van der Waals surface area (Å²) in [4.78, 5) is 0. The molecule has 2 N–H and O–H groups in total. The number of hydrogen-bond donors (Lipinski definition) is 1. The second-order valence-corrected chi connectivity index (χ2v) is 5.43. The lowest BCUT2D eigenvalue weighted by atomic mass is 9.97. The Hall–Kier alpha value is -1.78. The van der Waals surface area contributed by atoms with Gasteiger partial charge in [-0.15, -0.1) is 0 Å². The summed E-state index contributed by atoms with van der Waals surface area (Å²) in [7, 11) is 0. The molecule has 3 nitrogen and oxygen atoms in total. The van der Waals surface area contributed by atoms with E-state index in [0.29, 0.717) is 40.9 Å². The highest BCUT2D eigenvalue weighted by atomic mass is 35.5. The van der Waals surface area contributed by atoms with Crippen molar-refractivity contribution in [3.63, 3.8) is 0 Å². The van der Waals surface area contributed by atoms with Crippen LogP contribution >= 0.6 is 11.6 Å². The maximum atomic E-state index is 14.0. The molecule has 0 saturated heterocycles. The first-order valence-corrected chi connectivity index (χ1v) is 7.04. The van der Waals surface area contributed by atoms with Crippen LogP contribution in [0.25, 0.3) is 0 Å². The highest BCUT2D eigenvalue weighted by Crippen LogP contribution is 2.39. The first-order valence-electron chi connectivity index (χ1n) is 6.67. The molecule has 1 unspecified atom stereocenters. The number of aryl methyl sites for hydroxylation is 1. The molecule has 0 spiro atoms. The maximum Gasteiger partial charge on any atom is 0.162 e. The summed E-state index contributed by atoms with van der Waals surface area (Å²) >= 11 is 6.26. The van der Waals surface area contributed by atoms with Crippen molar-refractivity contribution in [1.82, 2.24) is 0 Å². The Morgan fingerprint density at radius 3 is 2.48 bits per heavy atom. The maximum absolute atomic E-state index is 14.0. The van der Waals surface area contributed by atoms with Crippen LogP contribution < -0.4 is 15.2 Å². The molecule has 1 heterocycles. The quantitative estimate of drug-likeness (QED) is 0.922. The summed E-state index contributed by atoms with van der Waals surface area (Å²) in [5, 5.41) is 0.438. The van der Waals surface area contributed by atoms with Crippen molar-refractivity contribution in [2.75, 3.05) is 13.2 Å². The summed E-state index contributed by atoms with van der Waals surface area (Å²) in [6.45, 7) is 2.85. The van der Waals surface area contributed by atoms with E-state index in [1.165, 1.54) is 6.07 Å². The first-order chi connectivity index (χ1) is 10.1. The molecule has 2 aromatic carbocycles. The van der Waals surface area contributed by atoms with Crippen LogP contribution in [-0.4, -0.2) is 13.2 Å². The predicted octanol–water partition coefficient (Wildman–Crippen LogP) is 3.61. The molecule has 5 heteroatoms. The van der Waals surface area contributed by atoms with Crippen molar-refractivity contribution < 1.29 is 13.9 Å². The van der Waals surface area contributed by atoms with Crippen molar-refractivity contribution >= 4 is 11.6 Å². The Morgan fingerprint density at radius 1 is 1.10 bits per heavy atom. The van der Waals surface area contributed by atoms with Gasteiger partial charge >= 0.3 is 0 Å². The minimum absolute atomic E-state index is 0.348. The van der Waals surface area contributed by atoms with Gasteiger partial charge in [-0.25, -0.2) is 4.39 Å². The van der Waals surface area contributed by atoms with E-state index in [9.17, 15) is 4.39 Å². The number of halogens is 2. The lowest BCUT2D eigenvalue weighted by molar-refractivity contribution is 0.171. The number of hydrogen-bond acceptors (Lipinski definition) is 3. The largest absolute Gasteiger partial charge is 0.486 e. The van der Waals surface area contributed by atoms with Crippen LogP contribution in [0.1, 0.15) is 22.7 Å². The molecule has 0 aromatic heterocycles. The zero-order chi connectivity index (χ0) is 15.0. The zero-order valence-electron chi connectivity index (χ0n) is 11.5. The van der Waals surface area contributed by atoms with Crippen molar-refractivity contribution in [3.05, 3.63) is 57.9 Å². The molecule has 0 aliphatic carbocycles. The molecule has 2 aromatic rings. The van der Waals surface area contributed by atoms with E-state index in [-0.39, 0.29) is 5.82 Å². The fourth-order valence-electron chi connectivity index (χ4n) is 2.39. The van der Waals surface area contributed by atoms with Crippen molar-refractivity contribution in [3.8, 4) is 11.5 Å². The van der Waals surface area contributed by atoms with Gasteiger partial charge in [0.15, 0.2) is 11.5 Å². The van der Waals surface area contributed by atoms with Gasteiger partial charge in [0.05, 0.1) is 6.04 Å². The van der Waals surface area contributed by atoms with E-state index in [0.717, 1.165) is 5.56 Å². The van der Waals surface area contributed by atoms with Gasteiger partial charge in [0, 0.05) is 16.7 Å². The van der Waals surface area contributed by atoms with Crippen LogP contribution in [0.3, 0.4) is 0 Å². The summed E-state index contributed by atoms with van der Waals surface area (Å²) in [6, 6.07) is 7.58. The van der Waals surface area contributed by atoms with Crippen LogP contribution in [0.4, 0.5) is 4.39 Å². The van der Waals surface area contributed by atoms with Crippen molar-refractivity contribution in [2.24, 2.45) is 5.73 Å². The average molecular weight is 308 g/mol. The van der Waals surface area contributed by atoms with E-state index < -0.39 is 6.04 Å². The number of fused-ring (bicyclic) bond motifs is 1. The van der Waals surface area contributed by atoms with Crippen LogP contribution in [-0.2, 0) is 0 Å². The van der Waals surface area contributed by atoms with Gasteiger partial charge in [-0.05, 0) is 24.6 Å². The SMILES string of the molecule is Cc1ccc(F)c(C(N)c2cc3c(cc2Cl)OCCO3)c1. The Balaban J connectivity index is 2.05. The zero-order valence-corrected chi connectivity index (χ0v) is 12.3. The van der Waals surface area contributed by atoms with E-state index in [1.807, 2.05) is 6.92 Å². The average Bonchev–Trinajstić information content (AvgIpc) is 2.48. The van der Waals surface area contributed by atoms with E-state index in [4.69, 9.17) is 26.8 Å². The number of nitrogens with two attached hydrogens (primary N) is 1. The summed E-state index contributed by atoms with van der Waals surface area (Å²) < 4.78 is 25.0. The van der Waals surface area contributed by atoms with Gasteiger partial charge in [0.25, 0.3) is 0 Å². The molecule has 0 fully saturated rings. The molecule has 1 aliphatic rings. The number of rotatable bonds is 2. The molecule has 0 bridgehead atoms. The van der Waals surface area contributed by atoms with Gasteiger partial charge in [-0.3, -0.25) is 0 Å². The predicted molar refractivity (Wildman–Crippen MR) is 79.6 cm³/mol. The van der Waals surface area contributed by atoms with Gasteiger partial charge in [-0.1, -0.05) is 29.3 Å². The summed E-state index contributed by atoms with van der Waals surface area (Å²) in [6.07, 6.45) is 0. The standard InChI is InChI=1S/C16H15ClFNO2/c1-9-2-3-13(18)11(6-9)16(19)10-7-14-15(8-12(10)17)21-5-4-20-14/h2-3,6-8,16H,4-5,19H2,1H3. The van der Waals surface area contributed by atoms with E-state index in [1.54, 1.807) is 24.3 Å². The smallest absolute Gasteiger partial charge is 0.162 e. The number of ether oxygens (including phenoxy) is 2. The lowest BCUT2D eigenvalue weighted by Gasteiger charge is -2.22. The molecular weight excluding hydrogens is 293 g/mol. The van der Waals surface area contributed by atoms with Gasteiger partial charge in [-0.2, -0.15) is 0 Å². The minimum atomic E-state index is -0.659. The molecule has 0 radical (unpaired) electrons. The normalized spacial score (nSPS) is 14.9. The molecule has 0 saturated carbocycles. The Labute approximate surface area is 127 Å². The van der Waals surface area contributed by atoms with Gasteiger partial charge in [0.2, 0.25) is 0 Å². The van der Waals surface area contributed by atoms with Crippen LogP contribution in [0.15, 0.2) is 30.3 Å². The van der Waals surface area contributed by atoms with Crippen molar-refractivity contribution in [1.29, 1.82) is 0 Å². The molecule has 0 amide bonds. The Morgan fingerprint density at radius 2 is 1.76 bits per heavy atom. The monoisotopic (exact) mass is 307 g/mol. The summed E-state index contributed by atoms with van der Waals surface area (Å²) in [5.41, 5.74) is 8.17. The topological polar surface area (TPSA) is 44.5 Å². The fraction of sp³-hybridized carbons (Fsp3) is 0.250. The first kappa shape index (κ1) is 14.2. The Bertz CT molecular complexity index is 690. The van der Waals surface area contributed by atoms with Crippen LogP contribution in [0.5, 0.6) is 11.5 Å². The second kappa shape index (κ2) is 5.54. The van der Waals surface area contributed by atoms with Crippen LogP contribution in [0.2, 0.25) is 5.02 Å². The van der Waals surface area contributed by atoms with Gasteiger partial charge < -0.3 is 15.2 Å². The molecular formula is C16H15ClFNO2. The second-order valence-electron chi connectivity index (χ2n) is 5.02. The highest BCUT2D eigenvalue weighted by Gasteiger charge is 2.21. The lowest BCUT2D eigenvalue weighted by Crippen LogP contribution is -2.18. The third-order valence-electron chi connectivity index (χ3n) is 3.48. The van der Waals surface area contributed by atoms with Gasteiger partial charge in [0.1, 0.15) is 19.0 Å². The van der Waals surface area contributed by atoms with E-state index >= 15 is 0 Å². The third kappa shape index (κ3) is 2.69. The highest BCUT2D eigenvalue weighted by molar-refractivity contribution is 6.31.